The number of nitro groups is 1. The number of nitrogens with zero attached hydrogens (tertiary/aromatic N) is 2. The van der Waals surface area contributed by atoms with E-state index < -0.39 is 22.8 Å². The lowest BCUT2D eigenvalue weighted by atomic mass is 9.84. The van der Waals surface area contributed by atoms with Crippen LogP contribution in [0.2, 0.25) is 0 Å². The standard InChI is InChI=1S/C17H20N2O5/c1-10-12(6-4-8-13(10)19(23)24)16(20)18-14-7-3-2-5-11(14)9-15(18)17(21)22/h4,6,8,11,14-15H,2-3,5,7,9H2,1H3,(H,21,22). The third-order valence-electron chi connectivity index (χ3n) is 5.34. The molecule has 1 saturated carbocycles. The van der Waals surface area contributed by atoms with Crippen LogP contribution in [0.3, 0.4) is 0 Å². The first kappa shape index (κ1) is 16.4. The first-order valence-corrected chi connectivity index (χ1v) is 8.21. The van der Waals surface area contributed by atoms with Gasteiger partial charge in [-0.25, -0.2) is 4.79 Å². The lowest BCUT2D eigenvalue weighted by Crippen LogP contribution is -2.46. The predicted molar refractivity (Wildman–Crippen MR) is 85.8 cm³/mol. The van der Waals surface area contributed by atoms with Crippen LogP contribution in [0.15, 0.2) is 18.2 Å². The van der Waals surface area contributed by atoms with Crippen molar-refractivity contribution in [3.63, 3.8) is 0 Å². The number of amides is 1. The van der Waals surface area contributed by atoms with Gasteiger partial charge in [-0.3, -0.25) is 14.9 Å². The van der Waals surface area contributed by atoms with Crippen molar-refractivity contribution in [2.45, 2.75) is 51.1 Å². The second kappa shape index (κ2) is 6.22. The quantitative estimate of drug-likeness (QED) is 0.677. The molecule has 2 fully saturated rings. The molecule has 1 aromatic rings. The van der Waals surface area contributed by atoms with E-state index in [2.05, 4.69) is 0 Å². The number of rotatable bonds is 3. The van der Waals surface area contributed by atoms with E-state index in [4.69, 9.17) is 0 Å². The SMILES string of the molecule is Cc1c(C(=O)N2C(C(=O)O)CC3CCCCC32)cccc1[N+](=O)[O-]. The maximum Gasteiger partial charge on any atom is 0.326 e. The molecule has 1 aliphatic carbocycles. The molecule has 3 unspecified atom stereocenters. The zero-order valence-electron chi connectivity index (χ0n) is 13.5. The first-order valence-electron chi connectivity index (χ1n) is 8.21. The smallest absolute Gasteiger partial charge is 0.326 e. The monoisotopic (exact) mass is 332 g/mol. The predicted octanol–water partition coefficient (Wildman–Crippen LogP) is 2.76. The molecular weight excluding hydrogens is 312 g/mol. The third-order valence-corrected chi connectivity index (χ3v) is 5.34. The molecule has 1 amide bonds. The number of benzene rings is 1. The van der Waals surface area contributed by atoms with E-state index in [-0.39, 0.29) is 28.8 Å². The van der Waals surface area contributed by atoms with Crippen molar-refractivity contribution < 1.29 is 19.6 Å². The molecule has 1 N–H and O–H groups in total. The van der Waals surface area contributed by atoms with Crippen LogP contribution in [-0.4, -0.2) is 38.9 Å². The second-order valence-electron chi connectivity index (χ2n) is 6.62. The van der Waals surface area contributed by atoms with Gasteiger partial charge in [0, 0.05) is 23.2 Å². The number of carbonyl (C=O) groups excluding carboxylic acids is 1. The number of likely N-dealkylation sites (tertiary alicyclic amines) is 1. The number of aliphatic carboxylic acids is 1. The van der Waals surface area contributed by atoms with Crippen LogP contribution in [0.5, 0.6) is 0 Å². The Kier molecular flexibility index (Phi) is 4.26. The fraction of sp³-hybridized carbons (Fsp3) is 0.529. The van der Waals surface area contributed by atoms with Gasteiger partial charge in [-0.2, -0.15) is 0 Å². The fourth-order valence-corrected chi connectivity index (χ4v) is 4.16. The van der Waals surface area contributed by atoms with E-state index in [0.717, 1.165) is 25.7 Å². The van der Waals surface area contributed by atoms with Crippen LogP contribution in [0, 0.1) is 23.0 Å². The van der Waals surface area contributed by atoms with E-state index in [9.17, 15) is 24.8 Å². The zero-order valence-corrected chi connectivity index (χ0v) is 13.5. The number of nitro benzene ring substituents is 1. The lowest BCUT2D eigenvalue weighted by Gasteiger charge is -2.33. The van der Waals surface area contributed by atoms with E-state index >= 15 is 0 Å². The molecule has 1 saturated heterocycles. The van der Waals surface area contributed by atoms with Gasteiger partial charge >= 0.3 is 5.97 Å². The van der Waals surface area contributed by atoms with Crippen molar-refractivity contribution in [3.8, 4) is 0 Å². The van der Waals surface area contributed by atoms with Crippen LogP contribution >= 0.6 is 0 Å². The van der Waals surface area contributed by atoms with E-state index in [1.165, 1.54) is 24.0 Å². The summed E-state index contributed by atoms with van der Waals surface area (Å²) in [7, 11) is 0. The van der Waals surface area contributed by atoms with Crippen LogP contribution in [0.4, 0.5) is 5.69 Å². The summed E-state index contributed by atoms with van der Waals surface area (Å²) in [5.41, 5.74) is 0.393. The van der Waals surface area contributed by atoms with Crippen LogP contribution in [-0.2, 0) is 4.79 Å². The summed E-state index contributed by atoms with van der Waals surface area (Å²) in [6.45, 7) is 1.54. The molecule has 0 bridgehead atoms. The molecule has 0 spiro atoms. The summed E-state index contributed by atoms with van der Waals surface area (Å²) in [4.78, 5) is 36.8. The van der Waals surface area contributed by atoms with Gasteiger partial charge in [0.25, 0.3) is 11.6 Å². The van der Waals surface area contributed by atoms with E-state index in [1.54, 1.807) is 6.07 Å². The Morgan fingerprint density at radius 3 is 2.67 bits per heavy atom. The molecule has 1 heterocycles. The van der Waals surface area contributed by atoms with Gasteiger partial charge in [0.2, 0.25) is 0 Å². The molecule has 1 aliphatic heterocycles. The van der Waals surface area contributed by atoms with Crippen LogP contribution < -0.4 is 0 Å². The molecule has 7 nitrogen and oxygen atoms in total. The average Bonchev–Trinajstić information content (AvgIpc) is 2.94. The van der Waals surface area contributed by atoms with E-state index in [1.807, 2.05) is 0 Å². The zero-order chi connectivity index (χ0) is 17.4. The minimum Gasteiger partial charge on any atom is -0.480 e. The van der Waals surface area contributed by atoms with Crippen molar-refractivity contribution in [1.29, 1.82) is 0 Å². The molecule has 128 valence electrons. The molecule has 7 heteroatoms. The topological polar surface area (TPSA) is 101 Å². The fourth-order valence-electron chi connectivity index (χ4n) is 4.16. The van der Waals surface area contributed by atoms with Gasteiger partial charge in [-0.15, -0.1) is 0 Å². The Bertz CT molecular complexity index is 702. The Labute approximate surface area is 139 Å². The molecule has 1 aromatic carbocycles. The van der Waals surface area contributed by atoms with Crippen molar-refractivity contribution >= 4 is 17.6 Å². The highest BCUT2D eigenvalue weighted by Gasteiger charge is 2.48. The molecular formula is C17H20N2O5. The van der Waals surface area contributed by atoms with Crippen molar-refractivity contribution in [1.82, 2.24) is 4.90 Å². The van der Waals surface area contributed by atoms with Gasteiger partial charge in [0.05, 0.1) is 4.92 Å². The maximum atomic E-state index is 13.1. The minimum atomic E-state index is -0.999. The highest BCUT2D eigenvalue weighted by Crippen LogP contribution is 2.41. The van der Waals surface area contributed by atoms with Gasteiger partial charge in [0.15, 0.2) is 0 Å². The van der Waals surface area contributed by atoms with E-state index in [0.29, 0.717) is 6.42 Å². The Balaban J connectivity index is 1.99. The molecule has 0 aromatic heterocycles. The molecule has 3 rings (SSSR count). The lowest BCUT2D eigenvalue weighted by molar-refractivity contribution is -0.385. The molecule has 0 radical (unpaired) electrons. The summed E-state index contributed by atoms with van der Waals surface area (Å²) < 4.78 is 0. The normalized spacial score (nSPS) is 26.0. The second-order valence-corrected chi connectivity index (χ2v) is 6.62. The summed E-state index contributed by atoms with van der Waals surface area (Å²) in [6.07, 6.45) is 4.25. The van der Waals surface area contributed by atoms with Crippen LogP contribution in [0.1, 0.15) is 48.0 Å². The van der Waals surface area contributed by atoms with Gasteiger partial charge < -0.3 is 10.0 Å². The molecule has 3 atom stereocenters. The molecule has 2 aliphatic rings. The van der Waals surface area contributed by atoms with Gasteiger partial charge in [-0.05, 0) is 38.2 Å². The Hall–Kier alpha value is -2.44. The van der Waals surface area contributed by atoms with Gasteiger partial charge in [0.1, 0.15) is 6.04 Å². The number of fused-ring (bicyclic) bond motifs is 1. The number of carbonyl (C=O) groups is 2. The number of hydrogen-bond acceptors (Lipinski definition) is 4. The summed E-state index contributed by atoms with van der Waals surface area (Å²) >= 11 is 0. The third kappa shape index (κ3) is 2.64. The summed E-state index contributed by atoms with van der Waals surface area (Å²) in [5, 5.41) is 20.6. The minimum absolute atomic E-state index is 0.0778. The maximum absolute atomic E-state index is 13.1. The first-order chi connectivity index (χ1) is 11.4. The number of hydrogen-bond donors (Lipinski definition) is 1. The van der Waals surface area contributed by atoms with Crippen molar-refractivity contribution in [3.05, 3.63) is 39.4 Å². The number of carboxylic acids is 1. The highest BCUT2D eigenvalue weighted by atomic mass is 16.6. The Morgan fingerprint density at radius 2 is 2.00 bits per heavy atom. The average molecular weight is 332 g/mol. The molecule has 24 heavy (non-hydrogen) atoms. The van der Waals surface area contributed by atoms with Gasteiger partial charge in [-0.1, -0.05) is 18.9 Å². The number of carboxylic acid groups (broad SMARTS) is 1. The van der Waals surface area contributed by atoms with Crippen molar-refractivity contribution in [2.24, 2.45) is 5.92 Å². The van der Waals surface area contributed by atoms with Crippen LogP contribution in [0.25, 0.3) is 0 Å². The van der Waals surface area contributed by atoms with Crippen molar-refractivity contribution in [2.75, 3.05) is 0 Å². The largest absolute Gasteiger partial charge is 0.480 e. The summed E-state index contributed by atoms with van der Waals surface area (Å²) in [6, 6.07) is 3.45. The summed E-state index contributed by atoms with van der Waals surface area (Å²) in [5.74, 6) is -1.19. The highest BCUT2D eigenvalue weighted by molar-refractivity contribution is 5.99. The Morgan fingerprint density at radius 1 is 1.29 bits per heavy atom.